The monoisotopic (exact) mass is 340 g/mol. The maximum atomic E-state index is 12.6. The van der Waals surface area contributed by atoms with Gasteiger partial charge >= 0.3 is 0 Å². The Morgan fingerprint density at radius 1 is 1.48 bits per heavy atom. The van der Waals surface area contributed by atoms with Crippen LogP contribution in [0.1, 0.15) is 42.9 Å². The molecule has 8 heteroatoms. The summed E-state index contributed by atoms with van der Waals surface area (Å²) in [5.74, 6) is 0.316. The summed E-state index contributed by atoms with van der Waals surface area (Å²) in [5.41, 5.74) is 0.983. The van der Waals surface area contributed by atoms with E-state index in [1.807, 2.05) is 13.8 Å². The third-order valence-corrected chi connectivity index (χ3v) is 5.89. The Morgan fingerprint density at radius 3 is 2.74 bits per heavy atom. The highest BCUT2D eigenvalue weighted by Gasteiger charge is 2.33. The first-order valence-corrected chi connectivity index (χ1v) is 9.63. The van der Waals surface area contributed by atoms with Crippen LogP contribution in [-0.2, 0) is 9.84 Å². The fourth-order valence-corrected chi connectivity index (χ4v) is 4.27. The van der Waals surface area contributed by atoms with Crippen LogP contribution in [0, 0.1) is 6.92 Å². The van der Waals surface area contributed by atoms with E-state index in [-0.39, 0.29) is 35.2 Å². The van der Waals surface area contributed by atoms with Gasteiger partial charge < -0.3 is 10.2 Å². The Hall–Kier alpha value is -1.70. The van der Waals surface area contributed by atoms with Crippen LogP contribution in [0.2, 0.25) is 0 Å². The van der Waals surface area contributed by atoms with Crippen molar-refractivity contribution in [1.29, 1.82) is 0 Å². The number of nitrogens with one attached hydrogen (secondary N) is 1. The maximum Gasteiger partial charge on any atom is 0.272 e. The lowest BCUT2D eigenvalue weighted by Gasteiger charge is -2.23. The zero-order valence-electron chi connectivity index (χ0n) is 14.0. The second-order valence-corrected chi connectivity index (χ2v) is 8.37. The van der Waals surface area contributed by atoms with Crippen molar-refractivity contribution >= 4 is 21.7 Å². The van der Waals surface area contributed by atoms with Gasteiger partial charge in [-0.15, -0.1) is 0 Å². The van der Waals surface area contributed by atoms with E-state index in [1.165, 1.54) is 4.90 Å². The van der Waals surface area contributed by atoms with Crippen molar-refractivity contribution in [3.63, 3.8) is 0 Å². The topological polar surface area (TPSA) is 92.3 Å². The van der Waals surface area contributed by atoms with E-state index in [9.17, 15) is 13.2 Å². The van der Waals surface area contributed by atoms with Gasteiger partial charge in [0.1, 0.15) is 5.69 Å². The normalized spacial score (nSPS) is 21.0. The van der Waals surface area contributed by atoms with E-state index < -0.39 is 9.84 Å². The molecule has 0 bridgehead atoms. The van der Waals surface area contributed by atoms with E-state index in [0.29, 0.717) is 18.1 Å². The van der Waals surface area contributed by atoms with E-state index in [1.54, 1.807) is 20.0 Å². The zero-order valence-corrected chi connectivity index (χ0v) is 14.9. The number of carbonyl (C=O) groups is 1. The molecule has 2 atom stereocenters. The standard InChI is InChI=1S/C15H24N4O3S/c1-5-10(2)16-15-17-11(3)8-13(18-15)14(20)19(4)12-6-7-23(21,22)9-12/h8,10,12H,5-7,9H2,1-4H3,(H,16,17,18). The minimum atomic E-state index is -3.03. The van der Waals surface area contributed by atoms with Gasteiger partial charge in [0.2, 0.25) is 5.95 Å². The van der Waals surface area contributed by atoms with Crippen LogP contribution in [-0.4, -0.2) is 59.8 Å². The van der Waals surface area contributed by atoms with Crippen molar-refractivity contribution in [3.8, 4) is 0 Å². The summed E-state index contributed by atoms with van der Waals surface area (Å²) in [7, 11) is -1.40. The SMILES string of the molecule is CCC(C)Nc1nc(C)cc(C(=O)N(C)C2CCS(=O)(=O)C2)n1. The Balaban J connectivity index is 2.18. The second-order valence-electron chi connectivity index (χ2n) is 6.14. The van der Waals surface area contributed by atoms with E-state index in [0.717, 1.165) is 6.42 Å². The van der Waals surface area contributed by atoms with Gasteiger partial charge in [0, 0.05) is 24.8 Å². The number of sulfone groups is 1. The van der Waals surface area contributed by atoms with Crippen LogP contribution < -0.4 is 5.32 Å². The fraction of sp³-hybridized carbons (Fsp3) is 0.667. The third kappa shape index (κ3) is 4.40. The molecule has 1 saturated heterocycles. The lowest BCUT2D eigenvalue weighted by atomic mass is 10.2. The van der Waals surface area contributed by atoms with E-state index in [2.05, 4.69) is 15.3 Å². The summed E-state index contributed by atoms with van der Waals surface area (Å²) >= 11 is 0. The minimum Gasteiger partial charge on any atom is -0.352 e. The molecule has 2 rings (SSSR count). The average molecular weight is 340 g/mol. The second kappa shape index (κ2) is 6.82. The van der Waals surface area contributed by atoms with Crippen molar-refractivity contribution in [2.75, 3.05) is 23.9 Å². The number of carbonyl (C=O) groups excluding carboxylic acids is 1. The van der Waals surface area contributed by atoms with Gasteiger partial charge in [-0.2, -0.15) is 0 Å². The van der Waals surface area contributed by atoms with Crippen molar-refractivity contribution in [1.82, 2.24) is 14.9 Å². The van der Waals surface area contributed by atoms with Crippen molar-refractivity contribution in [3.05, 3.63) is 17.5 Å². The van der Waals surface area contributed by atoms with E-state index in [4.69, 9.17) is 0 Å². The molecule has 1 aromatic rings. The van der Waals surface area contributed by atoms with E-state index >= 15 is 0 Å². The molecule has 1 N–H and O–H groups in total. The number of hydrogen-bond donors (Lipinski definition) is 1. The van der Waals surface area contributed by atoms with Gasteiger partial charge in [0.25, 0.3) is 5.91 Å². The Bertz CT molecular complexity index is 690. The molecule has 1 amide bonds. The maximum absolute atomic E-state index is 12.6. The summed E-state index contributed by atoms with van der Waals surface area (Å²) in [5, 5.41) is 3.16. The van der Waals surface area contributed by atoms with Crippen LogP contribution >= 0.6 is 0 Å². The minimum absolute atomic E-state index is 0.0251. The molecule has 23 heavy (non-hydrogen) atoms. The van der Waals surface area contributed by atoms with Gasteiger partial charge in [-0.3, -0.25) is 4.79 Å². The number of aromatic nitrogens is 2. The Labute approximate surface area is 137 Å². The predicted molar refractivity (Wildman–Crippen MR) is 89.3 cm³/mol. The summed E-state index contributed by atoms with van der Waals surface area (Å²) in [6.07, 6.45) is 1.40. The number of nitrogens with zero attached hydrogens (tertiary/aromatic N) is 3. The quantitative estimate of drug-likeness (QED) is 0.867. The van der Waals surface area contributed by atoms with Crippen molar-refractivity contribution in [2.45, 2.75) is 45.7 Å². The molecular weight excluding hydrogens is 316 g/mol. The fourth-order valence-electron chi connectivity index (χ4n) is 2.49. The van der Waals surface area contributed by atoms with Gasteiger partial charge in [-0.25, -0.2) is 18.4 Å². The summed E-state index contributed by atoms with van der Waals surface area (Å²) in [6, 6.07) is 1.55. The molecule has 1 aromatic heterocycles. The molecule has 128 valence electrons. The van der Waals surface area contributed by atoms with Crippen LogP contribution in [0.3, 0.4) is 0 Å². The molecule has 0 radical (unpaired) electrons. The Morgan fingerprint density at radius 2 is 2.17 bits per heavy atom. The molecule has 0 aromatic carbocycles. The molecule has 7 nitrogen and oxygen atoms in total. The average Bonchev–Trinajstić information content (AvgIpc) is 2.85. The molecule has 2 heterocycles. The number of aryl methyl sites for hydroxylation is 1. The molecule has 0 aliphatic carbocycles. The number of rotatable bonds is 5. The summed E-state index contributed by atoms with van der Waals surface area (Å²) in [6.45, 7) is 5.87. The van der Waals surface area contributed by atoms with Gasteiger partial charge in [-0.1, -0.05) is 6.92 Å². The number of amides is 1. The Kier molecular flexibility index (Phi) is 5.23. The van der Waals surface area contributed by atoms with Crippen LogP contribution in [0.25, 0.3) is 0 Å². The molecular formula is C15H24N4O3S. The first-order valence-electron chi connectivity index (χ1n) is 7.81. The largest absolute Gasteiger partial charge is 0.352 e. The number of hydrogen-bond acceptors (Lipinski definition) is 6. The number of anilines is 1. The lowest BCUT2D eigenvalue weighted by molar-refractivity contribution is 0.0741. The van der Waals surface area contributed by atoms with Crippen molar-refractivity contribution < 1.29 is 13.2 Å². The van der Waals surface area contributed by atoms with Crippen LogP contribution in [0.15, 0.2) is 6.07 Å². The first-order chi connectivity index (χ1) is 10.7. The van der Waals surface area contributed by atoms with Crippen LogP contribution in [0.4, 0.5) is 5.95 Å². The smallest absolute Gasteiger partial charge is 0.272 e. The summed E-state index contributed by atoms with van der Waals surface area (Å²) < 4.78 is 23.2. The zero-order chi connectivity index (χ0) is 17.2. The molecule has 1 aliphatic rings. The first kappa shape index (κ1) is 17.7. The highest BCUT2D eigenvalue weighted by atomic mass is 32.2. The highest BCUT2D eigenvalue weighted by Crippen LogP contribution is 2.18. The molecule has 2 unspecified atom stereocenters. The summed E-state index contributed by atoms with van der Waals surface area (Å²) in [4.78, 5) is 22.7. The van der Waals surface area contributed by atoms with Gasteiger partial charge in [0.15, 0.2) is 9.84 Å². The highest BCUT2D eigenvalue weighted by molar-refractivity contribution is 7.91. The van der Waals surface area contributed by atoms with Gasteiger partial charge in [-0.05, 0) is 32.8 Å². The molecule has 1 aliphatic heterocycles. The predicted octanol–water partition coefficient (Wildman–Crippen LogP) is 1.25. The molecule has 0 spiro atoms. The molecule has 1 fully saturated rings. The molecule has 0 saturated carbocycles. The lowest BCUT2D eigenvalue weighted by Crippen LogP contribution is -2.38. The third-order valence-electron chi connectivity index (χ3n) is 4.14. The van der Waals surface area contributed by atoms with Gasteiger partial charge in [0.05, 0.1) is 11.5 Å². The van der Waals surface area contributed by atoms with Crippen molar-refractivity contribution in [2.24, 2.45) is 0 Å². The van der Waals surface area contributed by atoms with Crippen LogP contribution in [0.5, 0.6) is 0 Å².